The number of hydrogen-bond acceptors (Lipinski definition) is 4. The Kier molecular flexibility index (Phi) is 6.90. The molecule has 1 saturated heterocycles. The molecule has 0 radical (unpaired) electrons. The average molecular weight is 362 g/mol. The lowest BCUT2D eigenvalue weighted by Crippen LogP contribution is -2.47. The first kappa shape index (κ1) is 19.3. The van der Waals surface area contributed by atoms with E-state index >= 15 is 0 Å². The van der Waals surface area contributed by atoms with Gasteiger partial charge in [0.1, 0.15) is 0 Å². The number of carbonyl (C=O) groups is 2. The molecule has 1 aliphatic rings. The molecule has 6 nitrogen and oxygen atoms in total. The number of nitrogens with one attached hydrogen (secondary N) is 2. The first-order valence-electron chi connectivity index (χ1n) is 8.54. The zero-order valence-electron chi connectivity index (χ0n) is 15.0. The average Bonchev–Trinajstić information content (AvgIpc) is 2.54. The maximum absolute atomic E-state index is 12.6. The van der Waals surface area contributed by atoms with Crippen molar-refractivity contribution >= 4 is 34.8 Å². The van der Waals surface area contributed by atoms with Crippen molar-refractivity contribution in [3.05, 3.63) is 29.8 Å². The third-order valence-electron chi connectivity index (χ3n) is 4.00. The highest BCUT2D eigenvalue weighted by atomic mass is 32.1. The first-order valence-corrected chi connectivity index (χ1v) is 8.94. The van der Waals surface area contributed by atoms with Crippen molar-refractivity contribution in [3.63, 3.8) is 0 Å². The van der Waals surface area contributed by atoms with Crippen molar-refractivity contribution in [3.8, 4) is 0 Å². The molecule has 136 valence electrons. The van der Waals surface area contributed by atoms with Crippen LogP contribution >= 0.6 is 12.2 Å². The van der Waals surface area contributed by atoms with Crippen LogP contribution in [-0.4, -0.2) is 60.0 Å². The van der Waals surface area contributed by atoms with Gasteiger partial charge in [-0.2, -0.15) is 0 Å². The van der Waals surface area contributed by atoms with E-state index in [-0.39, 0.29) is 22.8 Å². The molecule has 25 heavy (non-hydrogen) atoms. The van der Waals surface area contributed by atoms with Crippen LogP contribution in [0.25, 0.3) is 0 Å². The lowest BCUT2D eigenvalue weighted by atomic mass is 10.1. The van der Waals surface area contributed by atoms with Gasteiger partial charge >= 0.3 is 0 Å². The highest BCUT2D eigenvalue weighted by molar-refractivity contribution is 7.80. The molecule has 7 heteroatoms. The molecule has 1 heterocycles. The zero-order valence-corrected chi connectivity index (χ0v) is 15.9. The van der Waals surface area contributed by atoms with Crippen LogP contribution in [-0.2, 0) is 4.79 Å². The molecule has 1 fully saturated rings. The molecule has 0 spiro atoms. The van der Waals surface area contributed by atoms with Gasteiger partial charge in [0.15, 0.2) is 5.11 Å². The minimum atomic E-state index is -0.114. The van der Waals surface area contributed by atoms with E-state index in [9.17, 15) is 9.59 Å². The highest BCUT2D eigenvalue weighted by Gasteiger charge is 2.20. The van der Waals surface area contributed by atoms with E-state index in [0.717, 1.165) is 26.2 Å². The summed E-state index contributed by atoms with van der Waals surface area (Å²) in [6.07, 6.45) is 0.420. The number of carbonyl (C=O) groups excluding carboxylic acids is 2. The minimum Gasteiger partial charge on any atom is -0.336 e. The van der Waals surface area contributed by atoms with Crippen LogP contribution in [0.1, 0.15) is 30.6 Å². The van der Waals surface area contributed by atoms with Gasteiger partial charge in [0, 0.05) is 43.9 Å². The molecule has 0 aromatic heterocycles. The number of amides is 2. The number of rotatable bonds is 4. The van der Waals surface area contributed by atoms with Gasteiger partial charge in [0.25, 0.3) is 5.91 Å². The zero-order chi connectivity index (χ0) is 18.4. The molecule has 0 atom stereocenters. The van der Waals surface area contributed by atoms with E-state index < -0.39 is 0 Å². The predicted molar refractivity (Wildman–Crippen MR) is 104 cm³/mol. The van der Waals surface area contributed by atoms with Crippen LogP contribution in [0.2, 0.25) is 0 Å². The summed E-state index contributed by atoms with van der Waals surface area (Å²) in [4.78, 5) is 28.5. The summed E-state index contributed by atoms with van der Waals surface area (Å²) in [6, 6.07) is 7.19. The Hall–Kier alpha value is -1.99. The van der Waals surface area contributed by atoms with Crippen molar-refractivity contribution in [1.82, 2.24) is 15.1 Å². The van der Waals surface area contributed by atoms with E-state index in [0.29, 0.717) is 17.7 Å². The second-order valence-corrected chi connectivity index (χ2v) is 7.18. The third kappa shape index (κ3) is 6.10. The monoisotopic (exact) mass is 362 g/mol. The van der Waals surface area contributed by atoms with Crippen LogP contribution in [0.15, 0.2) is 24.3 Å². The first-order chi connectivity index (χ1) is 11.8. The SMILES string of the molecule is CC(C)CC(=O)NC(=S)Nc1cccc(C(=O)N2CCN(C)CC2)c1. The Balaban J connectivity index is 1.95. The Morgan fingerprint density at radius 3 is 2.52 bits per heavy atom. The van der Waals surface area contributed by atoms with Gasteiger partial charge in [-0.1, -0.05) is 19.9 Å². The molecule has 1 aromatic carbocycles. The number of piperazine rings is 1. The third-order valence-corrected chi connectivity index (χ3v) is 4.21. The second-order valence-electron chi connectivity index (χ2n) is 6.78. The Morgan fingerprint density at radius 1 is 1.20 bits per heavy atom. The van der Waals surface area contributed by atoms with E-state index in [1.807, 2.05) is 30.9 Å². The van der Waals surface area contributed by atoms with Crippen LogP contribution in [0.3, 0.4) is 0 Å². The Morgan fingerprint density at radius 2 is 1.88 bits per heavy atom. The maximum Gasteiger partial charge on any atom is 0.254 e. The molecule has 2 rings (SSSR count). The van der Waals surface area contributed by atoms with E-state index in [1.165, 1.54) is 0 Å². The lowest BCUT2D eigenvalue weighted by molar-refractivity contribution is -0.120. The van der Waals surface area contributed by atoms with E-state index in [1.54, 1.807) is 12.1 Å². The molecule has 2 N–H and O–H groups in total. The summed E-state index contributed by atoms with van der Waals surface area (Å²) in [5, 5.41) is 5.87. The predicted octanol–water partition coefficient (Wildman–Crippen LogP) is 1.93. The van der Waals surface area contributed by atoms with Crippen LogP contribution in [0.5, 0.6) is 0 Å². The fourth-order valence-electron chi connectivity index (χ4n) is 2.63. The smallest absolute Gasteiger partial charge is 0.254 e. The van der Waals surface area contributed by atoms with Gasteiger partial charge in [0.2, 0.25) is 5.91 Å². The Bertz CT molecular complexity index is 640. The molecule has 1 aliphatic heterocycles. The summed E-state index contributed by atoms with van der Waals surface area (Å²) >= 11 is 5.17. The molecule has 0 aliphatic carbocycles. The van der Waals surface area contributed by atoms with Crippen molar-refractivity contribution in [2.75, 3.05) is 38.5 Å². The molecular weight excluding hydrogens is 336 g/mol. The second kappa shape index (κ2) is 8.92. The normalized spacial score (nSPS) is 15.1. The molecule has 2 amide bonds. The van der Waals surface area contributed by atoms with Gasteiger partial charge in [0.05, 0.1) is 0 Å². The van der Waals surface area contributed by atoms with Gasteiger partial charge in [-0.3, -0.25) is 9.59 Å². The molecule has 0 saturated carbocycles. The summed E-state index contributed by atoms with van der Waals surface area (Å²) in [5.74, 6) is 0.177. The topological polar surface area (TPSA) is 64.7 Å². The van der Waals surface area contributed by atoms with Crippen molar-refractivity contribution in [2.24, 2.45) is 5.92 Å². The number of likely N-dealkylation sites (N-methyl/N-ethyl adjacent to an activating group) is 1. The summed E-state index contributed by atoms with van der Waals surface area (Å²) < 4.78 is 0. The van der Waals surface area contributed by atoms with Crippen molar-refractivity contribution < 1.29 is 9.59 Å². The quantitative estimate of drug-likeness (QED) is 0.802. The van der Waals surface area contributed by atoms with Crippen LogP contribution in [0.4, 0.5) is 5.69 Å². The maximum atomic E-state index is 12.6. The number of hydrogen-bond donors (Lipinski definition) is 2. The molecule has 0 unspecified atom stereocenters. The summed E-state index contributed by atoms with van der Waals surface area (Å²) in [6.45, 7) is 7.19. The molecule has 1 aromatic rings. The lowest BCUT2D eigenvalue weighted by Gasteiger charge is -2.32. The van der Waals surface area contributed by atoms with E-state index in [2.05, 4.69) is 22.6 Å². The summed E-state index contributed by atoms with van der Waals surface area (Å²) in [7, 11) is 2.06. The number of thiocarbonyl (C=S) groups is 1. The van der Waals surface area contributed by atoms with Crippen LogP contribution in [0, 0.1) is 5.92 Å². The van der Waals surface area contributed by atoms with Gasteiger partial charge in [-0.15, -0.1) is 0 Å². The van der Waals surface area contributed by atoms with E-state index in [4.69, 9.17) is 12.2 Å². The number of benzene rings is 1. The standard InChI is InChI=1S/C18H26N4O2S/c1-13(2)11-16(23)20-18(25)19-15-6-4-5-14(12-15)17(24)22-9-7-21(3)8-10-22/h4-6,12-13H,7-11H2,1-3H3,(H2,19,20,23,25). The van der Waals surface area contributed by atoms with Crippen molar-refractivity contribution in [1.29, 1.82) is 0 Å². The molecule has 0 bridgehead atoms. The fourth-order valence-corrected chi connectivity index (χ4v) is 2.86. The van der Waals surface area contributed by atoms with Gasteiger partial charge in [-0.25, -0.2) is 0 Å². The minimum absolute atomic E-state index is 0.0199. The Labute approximate surface area is 154 Å². The van der Waals surface area contributed by atoms with Gasteiger partial charge in [-0.05, 0) is 43.4 Å². The van der Waals surface area contributed by atoms with Crippen LogP contribution < -0.4 is 10.6 Å². The van der Waals surface area contributed by atoms with Crippen molar-refractivity contribution in [2.45, 2.75) is 20.3 Å². The molecular formula is C18H26N4O2S. The highest BCUT2D eigenvalue weighted by Crippen LogP contribution is 2.14. The fraction of sp³-hybridized carbons (Fsp3) is 0.500. The summed E-state index contributed by atoms with van der Waals surface area (Å²) in [5.41, 5.74) is 1.31. The van der Waals surface area contributed by atoms with Gasteiger partial charge < -0.3 is 20.4 Å². The largest absolute Gasteiger partial charge is 0.336 e. The number of anilines is 1. The number of nitrogens with zero attached hydrogens (tertiary/aromatic N) is 2.